The summed E-state index contributed by atoms with van der Waals surface area (Å²) in [5.41, 5.74) is 7.85. The molecule has 152 valence electrons. The van der Waals surface area contributed by atoms with E-state index in [0.29, 0.717) is 12.4 Å². The number of para-hydroxylation sites is 1. The van der Waals surface area contributed by atoms with E-state index in [4.69, 9.17) is 5.73 Å². The quantitative estimate of drug-likeness (QED) is 0.395. The Morgan fingerprint density at radius 2 is 1.83 bits per heavy atom. The summed E-state index contributed by atoms with van der Waals surface area (Å²) in [6.07, 6.45) is 0. The smallest absolute Gasteiger partial charge is 0.270 e. The molecule has 0 amide bonds. The lowest BCUT2D eigenvalue weighted by molar-refractivity contribution is -0.384. The number of piperazine rings is 1. The summed E-state index contributed by atoms with van der Waals surface area (Å²) in [7, 11) is 0. The number of nitrogens with zero attached hydrogens (tertiary/aromatic N) is 6. The van der Waals surface area contributed by atoms with Crippen LogP contribution in [-0.2, 0) is 6.54 Å². The van der Waals surface area contributed by atoms with Crippen molar-refractivity contribution in [1.82, 2.24) is 19.9 Å². The number of nitro benzene ring substituents is 1. The number of hydrogen-bond acceptors (Lipinski definition) is 9. The van der Waals surface area contributed by atoms with Crippen LogP contribution in [0.5, 0.6) is 0 Å². The molecule has 1 saturated heterocycles. The molecule has 0 atom stereocenters. The molecule has 0 aliphatic carbocycles. The molecule has 9 nitrogen and oxygen atoms in total. The largest absolute Gasteiger partial charge is 0.383 e. The number of thiazole rings is 1. The average Bonchev–Trinajstić information content (AvgIpc) is 3.18. The van der Waals surface area contributed by atoms with Gasteiger partial charge >= 0.3 is 0 Å². The third-order valence-electron chi connectivity index (χ3n) is 5.26. The zero-order chi connectivity index (χ0) is 20.7. The average molecular weight is 421 g/mol. The van der Waals surface area contributed by atoms with Crippen LogP contribution in [0.2, 0.25) is 0 Å². The van der Waals surface area contributed by atoms with E-state index in [0.717, 1.165) is 58.3 Å². The van der Waals surface area contributed by atoms with Crippen molar-refractivity contribution in [2.24, 2.45) is 0 Å². The highest BCUT2D eigenvalue weighted by Crippen LogP contribution is 2.32. The zero-order valence-electron chi connectivity index (χ0n) is 16.1. The second kappa shape index (κ2) is 7.47. The highest BCUT2D eigenvalue weighted by molar-refractivity contribution is 7.22. The van der Waals surface area contributed by atoms with E-state index >= 15 is 0 Å². The summed E-state index contributed by atoms with van der Waals surface area (Å²) in [5, 5.41) is 12.8. The number of nitrogen functional groups attached to an aromatic ring is 1. The van der Waals surface area contributed by atoms with Crippen molar-refractivity contribution in [3.63, 3.8) is 0 Å². The van der Waals surface area contributed by atoms with Crippen LogP contribution in [0.15, 0.2) is 42.5 Å². The molecule has 0 unspecified atom stereocenters. The molecule has 10 heteroatoms. The van der Waals surface area contributed by atoms with E-state index in [1.54, 1.807) is 12.1 Å². The normalized spacial score (nSPS) is 15.1. The highest BCUT2D eigenvalue weighted by Gasteiger charge is 2.21. The summed E-state index contributed by atoms with van der Waals surface area (Å²) in [5.74, 6) is 1.24. The van der Waals surface area contributed by atoms with Crippen LogP contribution in [0, 0.1) is 10.1 Å². The number of aromatic nitrogens is 3. The molecule has 1 aliphatic heterocycles. The summed E-state index contributed by atoms with van der Waals surface area (Å²) in [4.78, 5) is 28.9. The van der Waals surface area contributed by atoms with Crippen molar-refractivity contribution in [2.75, 3.05) is 36.8 Å². The Balaban J connectivity index is 1.27. The molecule has 1 aliphatic rings. The molecule has 2 N–H and O–H groups in total. The fourth-order valence-electron chi connectivity index (χ4n) is 3.67. The summed E-state index contributed by atoms with van der Waals surface area (Å²) >= 11 is 1.49. The zero-order valence-corrected chi connectivity index (χ0v) is 16.9. The van der Waals surface area contributed by atoms with Crippen LogP contribution < -0.4 is 10.6 Å². The van der Waals surface area contributed by atoms with Gasteiger partial charge < -0.3 is 10.6 Å². The minimum absolute atomic E-state index is 0.0946. The van der Waals surface area contributed by atoms with Crippen molar-refractivity contribution < 1.29 is 4.92 Å². The number of hydrogen-bond donors (Lipinski definition) is 1. The fourth-order valence-corrected chi connectivity index (χ4v) is 4.72. The van der Waals surface area contributed by atoms with Gasteiger partial charge in [-0.2, -0.15) is 0 Å². The maximum absolute atomic E-state index is 11.0. The van der Waals surface area contributed by atoms with Gasteiger partial charge in [0.1, 0.15) is 11.6 Å². The van der Waals surface area contributed by atoms with E-state index in [1.165, 1.54) is 17.4 Å². The molecular weight excluding hydrogens is 402 g/mol. The Hall–Kier alpha value is -3.37. The molecule has 0 saturated carbocycles. The Morgan fingerprint density at radius 3 is 2.63 bits per heavy atom. The molecule has 0 spiro atoms. The van der Waals surface area contributed by atoms with Crippen LogP contribution >= 0.6 is 11.3 Å². The molecule has 2 aromatic carbocycles. The van der Waals surface area contributed by atoms with Crippen LogP contribution in [0.3, 0.4) is 0 Å². The van der Waals surface area contributed by atoms with Gasteiger partial charge in [-0.25, -0.2) is 15.0 Å². The number of anilines is 2. The first-order chi connectivity index (χ1) is 14.6. The van der Waals surface area contributed by atoms with Gasteiger partial charge in [0.2, 0.25) is 0 Å². The van der Waals surface area contributed by atoms with E-state index in [9.17, 15) is 10.1 Å². The fraction of sp³-hybridized carbons (Fsp3) is 0.250. The lowest BCUT2D eigenvalue weighted by Gasteiger charge is -2.34. The van der Waals surface area contributed by atoms with Gasteiger partial charge in [-0.1, -0.05) is 23.5 Å². The summed E-state index contributed by atoms with van der Waals surface area (Å²) in [6, 6.07) is 12.6. The number of nitrogens with two attached hydrogens (primary N) is 1. The molecule has 30 heavy (non-hydrogen) atoms. The maximum atomic E-state index is 11.0. The first-order valence-electron chi connectivity index (χ1n) is 9.60. The first kappa shape index (κ1) is 18.6. The monoisotopic (exact) mass is 421 g/mol. The van der Waals surface area contributed by atoms with Gasteiger partial charge in [0.05, 0.1) is 27.2 Å². The van der Waals surface area contributed by atoms with Gasteiger partial charge in [0, 0.05) is 43.7 Å². The standard InChI is InChI=1S/C20H19N7O2S/c21-19-14-3-1-2-4-15(14)22-18(24-19)12-25-7-9-26(10-8-25)20-23-16-6-5-13(27(28)29)11-17(16)30-20/h1-6,11H,7-10,12H2,(H2,21,22,24). The molecule has 0 bridgehead atoms. The minimum atomic E-state index is -0.376. The lowest BCUT2D eigenvalue weighted by atomic mass is 10.2. The molecule has 1 fully saturated rings. The van der Waals surface area contributed by atoms with E-state index in [1.807, 2.05) is 24.3 Å². The Morgan fingerprint density at radius 1 is 1.03 bits per heavy atom. The van der Waals surface area contributed by atoms with Gasteiger partial charge in [-0.3, -0.25) is 15.0 Å². The second-order valence-corrected chi connectivity index (χ2v) is 8.22. The molecule has 3 heterocycles. The van der Waals surface area contributed by atoms with Crippen LogP contribution in [0.25, 0.3) is 21.1 Å². The third kappa shape index (κ3) is 3.51. The lowest BCUT2D eigenvalue weighted by Crippen LogP contribution is -2.46. The van der Waals surface area contributed by atoms with Gasteiger partial charge in [0.15, 0.2) is 5.13 Å². The van der Waals surface area contributed by atoms with Gasteiger partial charge in [-0.05, 0) is 18.2 Å². The molecular formula is C20H19N7O2S. The Labute approximate surface area is 175 Å². The predicted octanol–water partition coefficient (Wildman–Crippen LogP) is 3.05. The summed E-state index contributed by atoms with van der Waals surface area (Å²) in [6.45, 7) is 4.00. The number of fused-ring (bicyclic) bond motifs is 2. The second-order valence-electron chi connectivity index (χ2n) is 7.21. The third-order valence-corrected chi connectivity index (χ3v) is 6.34. The van der Waals surface area contributed by atoms with Crippen molar-refractivity contribution >= 4 is 49.1 Å². The molecule has 0 radical (unpaired) electrons. The van der Waals surface area contributed by atoms with E-state index < -0.39 is 0 Å². The Bertz CT molecular complexity index is 1250. The van der Waals surface area contributed by atoms with Gasteiger partial charge in [0.25, 0.3) is 5.69 Å². The molecule has 4 aromatic rings. The number of benzene rings is 2. The van der Waals surface area contributed by atoms with Crippen LogP contribution in [0.4, 0.5) is 16.6 Å². The maximum Gasteiger partial charge on any atom is 0.270 e. The van der Waals surface area contributed by atoms with Gasteiger partial charge in [-0.15, -0.1) is 0 Å². The predicted molar refractivity (Wildman–Crippen MR) is 118 cm³/mol. The van der Waals surface area contributed by atoms with E-state index in [-0.39, 0.29) is 10.6 Å². The molecule has 2 aromatic heterocycles. The van der Waals surface area contributed by atoms with E-state index in [2.05, 4.69) is 24.8 Å². The first-order valence-corrected chi connectivity index (χ1v) is 10.4. The molecule has 5 rings (SSSR count). The summed E-state index contributed by atoms with van der Waals surface area (Å²) < 4.78 is 0.835. The SMILES string of the molecule is Nc1nc(CN2CCN(c3nc4ccc([N+](=O)[O-])cc4s3)CC2)nc2ccccc12. The topological polar surface area (TPSA) is 114 Å². The number of nitro groups is 1. The van der Waals surface area contributed by atoms with Crippen molar-refractivity contribution in [3.8, 4) is 0 Å². The van der Waals surface area contributed by atoms with Crippen LogP contribution in [-0.4, -0.2) is 51.0 Å². The van der Waals surface area contributed by atoms with Crippen molar-refractivity contribution in [2.45, 2.75) is 6.54 Å². The van der Waals surface area contributed by atoms with Crippen molar-refractivity contribution in [1.29, 1.82) is 0 Å². The highest BCUT2D eigenvalue weighted by atomic mass is 32.1. The number of rotatable bonds is 4. The van der Waals surface area contributed by atoms with Crippen LogP contribution in [0.1, 0.15) is 5.82 Å². The van der Waals surface area contributed by atoms with Crippen molar-refractivity contribution in [3.05, 3.63) is 58.4 Å². The minimum Gasteiger partial charge on any atom is -0.383 e. The number of non-ortho nitro benzene ring substituents is 1. The Kier molecular flexibility index (Phi) is 4.64.